The molecule has 4 atom stereocenters. The molecule has 0 spiro atoms. The molecule has 1 N–H and O–H groups in total. The van der Waals surface area contributed by atoms with E-state index in [4.69, 9.17) is 14.3 Å². The van der Waals surface area contributed by atoms with Crippen molar-refractivity contribution < 1.29 is 37.8 Å². The van der Waals surface area contributed by atoms with Crippen LogP contribution >= 0.6 is 0 Å². The summed E-state index contributed by atoms with van der Waals surface area (Å²) in [6.45, 7) is 8.51. The van der Waals surface area contributed by atoms with Gasteiger partial charge >= 0.3 is 12.1 Å². The molecule has 2 saturated heterocycles. The van der Waals surface area contributed by atoms with Gasteiger partial charge in [0.25, 0.3) is 5.92 Å². The van der Waals surface area contributed by atoms with E-state index < -0.39 is 59.8 Å². The number of amides is 1. The van der Waals surface area contributed by atoms with E-state index in [1.807, 2.05) is 18.2 Å². The molecule has 1 aromatic carbocycles. The van der Waals surface area contributed by atoms with Crippen LogP contribution in [0.15, 0.2) is 30.3 Å². The van der Waals surface area contributed by atoms with Crippen LogP contribution in [-0.4, -0.2) is 76.0 Å². The van der Waals surface area contributed by atoms with E-state index in [9.17, 15) is 14.7 Å². The van der Waals surface area contributed by atoms with E-state index in [1.54, 1.807) is 32.9 Å². The maximum absolute atomic E-state index is 15.0. The van der Waals surface area contributed by atoms with Crippen molar-refractivity contribution in [3.05, 3.63) is 35.9 Å². The summed E-state index contributed by atoms with van der Waals surface area (Å²) in [7, 11) is 0. The van der Waals surface area contributed by atoms with Crippen molar-refractivity contribution >= 4 is 12.1 Å². The van der Waals surface area contributed by atoms with Crippen LogP contribution in [0.5, 0.6) is 0 Å². The second-order valence-electron chi connectivity index (χ2n) is 10.5. The fraction of sp³-hybridized carbons (Fsp3) is 0.667. The molecule has 4 unspecified atom stereocenters. The number of hydroxylamine groups is 2. The third-order valence-electron chi connectivity index (χ3n) is 6.21. The standard InChI is InChI=1S/C24H34F2N2O6/c1-15(19(29)23(5,6)20(30)32-12-16-10-8-7-9-11-16)28-18-17(13-33-28)27(14-24(18,25)26)21(31)34-22(2,3)4/h7-11,15,17-19,29H,12-14H2,1-6H3. The summed E-state index contributed by atoms with van der Waals surface area (Å²) in [5.41, 5.74) is -1.46. The molecule has 3 rings (SSSR count). The first-order valence-electron chi connectivity index (χ1n) is 11.3. The average molecular weight is 485 g/mol. The lowest BCUT2D eigenvalue weighted by Gasteiger charge is -2.38. The number of nitrogens with zero attached hydrogens (tertiary/aromatic N) is 2. The predicted molar refractivity (Wildman–Crippen MR) is 119 cm³/mol. The maximum atomic E-state index is 15.0. The van der Waals surface area contributed by atoms with Crippen molar-refractivity contribution in [1.29, 1.82) is 0 Å². The minimum atomic E-state index is -3.30. The Morgan fingerprint density at radius 1 is 1.21 bits per heavy atom. The van der Waals surface area contributed by atoms with Crippen molar-refractivity contribution in [3.63, 3.8) is 0 Å². The number of hydrogen-bond donors (Lipinski definition) is 1. The number of alkyl halides is 2. The smallest absolute Gasteiger partial charge is 0.410 e. The molecule has 0 aliphatic carbocycles. The summed E-state index contributed by atoms with van der Waals surface area (Å²) in [5.74, 6) is -3.97. The fourth-order valence-corrected chi connectivity index (χ4v) is 4.33. The number of benzene rings is 1. The van der Waals surface area contributed by atoms with E-state index >= 15 is 8.78 Å². The van der Waals surface area contributed by atoms with Gasteiger partial charge in [0.1, 0.15) is 18.2 Å². The Kier molecular flexibility index (Phi) is 7.27. The molecular weight excluding hydrogens is 450 g/mol. The number of aliphatic hydroxyl groups is 1. The quantitative estimate of drug-likeness (QED) is 0.620. The summed E-state index contributed by atoms with van der Waals surface area (Å²) >= 11 is 0. The number of halogens is 2. The van der Waals surface area contributed by atoms with Crippen molar-refractivity contribution in [2.75, 3.05) is 13.2 Å². The number of carbonyl (C=O) groups is 2. The highest BCUT2D eigenvalue weighted by molar-refractivity contribution is 5.76. The van der Waals surface area contributed by atoms with Gasteiger partial charge in [-0.25, -0.2) is 13.6 Å². The van der Waals surface area contributed by atoms with E-state index in [-0.39, 0.29) is 13.2 Å². The molecule has 0 aromatic heterocycles. The van der Waals surface area contributed by atoms with Gasteiger partial charge in [-0.2, -0.15) is 5.06 Å². The number of ether oxygens (including phenoxy) is 2. The number of carbonyl (C=O) groups excluding carboxylic acids is 2. The van der Waals surface area contributed by atoms with Crippen LogP contribution < -0.4 is 0 Å². The van der Waals surface area contributed by atoms with Gasteiger partial charge in [0, 0.05) is 0 Å². The zero-order valence-corrected chi connectivity index (χ0v) is 20.5. The number of likely N-dealkylation sites (tertiary alicyclic amines) is 1. The molecule has 190 valence electrons. The molecule has 10 heteroatoms. The second-order valence-corrected chi connectivity index (χ2v) is 10.5. The number of fused-ring (bicyclic) bond motifs is 1. The van der Waals surface area contributed by atoms with Gasteiger partial charge < -0.3 is 14.6 Å². The molecule has 34 heavy (non-hydrogen) atoms. The molecule has 1 aromatic rings. The normalized spacial score (nSPS) is 24.4. The number of aliphatic hydroxyl groups excluding tert-OH is 1. The molecule has 2 aliphatic rings. The van der Waals surface area contributed by atoms with E-state index in [0.717, 1.165) is 15.5 Å². The molecule has 2 fully saturated rings. The Morgan fingerprint density at radius 3 is 2.41 bits per heavy atom. The molecule has 1 amide bonds. The summed E-state index contributed by atoms with van der Waals surface area (Å²) < 4.78 is 40.7. The van der Waals surface area contributed by atoms with Crippen LogP contribution in [0.2, 0.25) is 0 Å². The topological polar surface area (TPSA) is 88.5 Å². The summed E-state index contributed by atoms with van der Waals surface area (Å²) in [6.07, 6.45) is -2.23. The molecule has 0 radical (unpaired) electrons. The molecule has 0 bridgehead atoms. The number of hydrogen-bond acceptors (Lipinski definition) is 7. The highest BCUT2D eigenvalue weighted by Gasteiger charge is 2.64. The third kappa shape index (κ3) is 5.34. The maximum Gasteiger partial charge on any atom is 0.410 e. The summed E-state index contributed by atoms with van der Waals surface area (Å²) in [5, 5.41) is 12.0. The minimum absolute atomic E-state index is 0.0258. The highest BCUT2D eigenvalue weighted by Crippen LogP contribution is 2.43. The van der Waals surface area contributed by atoms with Gasteiger partial charge in [0.2, 0.25) is 0 Å². The number of esters is 1. The summed E-state index contributed by atoms with van der Waals surface area (Å²) in [6, 6.07) is 5.65. The van der Waals surface area contributed by atoms with Gasteiger partial charge in [-0.05, 0) is 47.1 Å². The molecule has 0 saturated carbocycles. The monoisotopic (exact) mass is 484 g/mol. The molecule has 2 aliphatic heterocycles. The first-order valence-corrected chi connectivity index (χ1v) is 11.3. The lowest BCUT2D eigenvalue weighted by Crippen LogP contribution is -2.56. The van der Waals surface area contributed by atoms with Crippen LogP contribution in [0.3, 0.4) is 0 Å². The lowest BCUT2D eigenvalue weighted by molar-refractivity contribution is -0.228. The Hall–Kier alpha value is -2.30. The van der Waals surface area contributed by atoms with Crippen molar-refractivity contribution in [2.45, 2.75) is 83.9 Å². The Bertz CT molecular complexity index is 889. The average Bonchev–Trinajstić information content (AvgIpc) is 3.30. The van der Waals surface area contributed by atoms with Crippen LogP contribution in [0.25, 0.3) is 0 Å². The van der Waals surface area contributed by atoms with Gasteiger partial charge in [0.05, 0.1) is 36.8 Å². The van der Waals surface area contributed by atoms with Gasteiger partial charge in [-0.15, -0.1) is 0 Å². The zero-order valence-electron chi connectivity index (χ0n) is 20.5. The van der Waals surface area contributed by atoms with Gasteiger partial charge in [0.15, 0.2) is 0 Å². The van der Waals surface area contributed by atoms with Crippen molar-refractivity contribution in [1.82, 2.24) is 9.96 Å². The largest absolute Gasteiger partial charge is 0.460 e. The Morgan fingerprint density at radius 2 is 1.82 bits per heavy atom. The first kappa shape index (κ1) is 26.3. The number of rotatable bonds is 6. The Labute approximate surface area is 198 Å². The van der Waals surface area contributed by atoms with Gasteiger partial charge in [-0.3, -0.25) is 14.5 Å². The van der Waals surface area contributed by atoms with E-state index in [2.05, 4.69) is 0 Å². The zero-order chi connectivity index (χ0) is 25.5. The van der Waals surface area contributed by atoms with E-state index in [1.165, 1.54) is 20.8 Å². The minimum Gasteiger partial charge on any atom is -0.460 e. The van der Waals surface area contributed by atoms with E-state index in [0.29, 0.717) is 0 Å². The van der Waals surface area contributed by atoms with Gasteiger partial charge in [-0.1, -0.05) is 30.3 Å². The second kappa shape index (κ2) is 9.39. The van der Waals surface area contributed by atoms with Crippen LogP contribution in [-0.2, 0) is 25.7 Å². The molecule has 8 nitrogen and oxygen atoms in total. The molecular formula is C24H34F2N2O6. The van der Waals surface area contributed by atoms with Crippen molar-refractivity contribution in [3.8, 4) is 0 Å². The van der Waals surface area contributed by atoms with Crippen LogP contribution in [0.4, 0.5) is 13.6 Å². The molecule has 2 heterocycles. The van der Waals surface area contributed by atoms with Crippen LogP contribution in [0, 0.1) is 5.41 Å². The first-order chi connectivity index (χ1) is 15.6. The Balaban J connectivity index is 1.70. The highest BCUT2D eigenvalue weighted by atomic mass is 19.3. The lowest BCUT2D eigenvalue weighted by atomic mass is 9.82. The van der Waals surface area contributed by atoms with Crippen LogP contribution in [0.1, 0.15) is 47.1 Å². The summed E-state index contributed by atoms with van der Waals surface area (Å²) in [4.78, 5) is 31.8. The predicted octanol–water partition coefficient (Wildman–Crippen LogP) is 3.38. The fourth-order valence-electron chi connectivity index (χ4n) is 4.33. The van der Waals surface area contributed by atoms with Crippen molar-refractivity contribution in [2.24, 2.45) is 5.41 Å². The third-order valence-corrected chi connectivity index (χ3v) is 6.21. The SMILES string of the molecule is CC(C(O)C(C)(C)C(=O)OCc1ccccc1)N1OCC2C1C(F)(F)CN2C(=O)OC(C)(C)C.